The topological polar surface area (TPSA) is 26.3 Å². The predicted molar refractivity (Wildman–Crippen MR) is 91.0 cm³/mol. The molecule has 0 spiro atoms. The first-order chi connectivity index (χ1) is 11.3. The zero-order chi connectivity index (χ0) is 15.6. The minimum atomic E-state index is 0.130. The van der Waals surface area contributed by atoms with Gasteiger partial charge in [-0.05, 0) is 25.0 Å². The number of Topliss-reactive ketones (excluding diaryl/α,β-unsaturated/α-hetero) is 1. The number of benzene rings is 2. The van der Waals surface area contributed by atoms with Crippen molar-refractivity contribution < 1.29 is 9.53 Å². The molecule has 1 aliphatic heterocycles. The van der Waals surface area contributed by atoms with Crippen molar-refractivity contribution in [3.63, 3.8) is 0 Å². The number of carbonyl (C=O) groups excluding carboxylic acids is 1. The molecule has 4 rings (SSSR count). The van der Waals surface area contributed by atoms with Gasteiger partial charge in [-0.3, -0.25) is 4.79 Å². The number of hydrogen-bond acceptors (Lipinski definition) is 2. The molecule has 0 saturated heterocycles. The van der Waals surface area contributed by atoms with E-state index in [9.17, 15) is 4.79 Å². The Kier molecular flexibility index (Phi) is 3.90. The summed E-state index contributed by atoms with van der Waals surface area (Å²) in [6.45, 7) is 0. The second-order valence-corrected chi connectivity index (χ2v) is 6.74. The minimum Gasteiger partial charge on any atom is -0.457 e. The highest BCUT2D eigenvalue weighted by molar-refractivity contribution is 5.83. The molecule has 118 valence electrons. The van der Waals surface area contributed by atoms with Crippen LogP contribution in [-0.4, -0.2) is 5.78 Å². The smallest absolute Gasteiger partial charge is 0.136 e. The molecule has 0 unspecified atom stereocenters. The first-order valence-corrected chi connectivity index (χ1v) is 8.71. The molecule has 0 amide bonds. The van der Waals surface area contributed by atoms with E-state index in [0.717, 1.165) is 35.5 Å². The van der Waals surface area contributed by atoms with Crippen molar-refractivity contribution >= 4 is 5.78 Å². The molecular weight excluding hydrogens is 284 g/mol. The zero-order valence-electron chi connectivity index (χ0n) is 13.3. The lowest BCUT2D eigenvalue weighted by molar-refractivity contribution is -0.124. The number of para-hydroxylation sites is 2. The third-order valence-electron chi connectivity index (χ3n) is 5.27. The molecule has 23 heavy (non-hydrogen) atoms. The van der Waals surface area contributed by atoms with Crippen LogP contribution in [0.2, 0.25) is 0 Å². The van der Waals surface area contributed by atoms with Gasteiger partial charge in [0.25, 0.3) is 0 Å². The van der Waals surface area contributed by atoms with E-state index < -0.39 is 0 Å². The van der Waals surface area contributed by atoms with E-state index in [1.54, 1.807) is 0 Å². The second-order valence-electron chi connectivity index (χ2n) is 6.74. The molecule has 2 aromatic carbocycles. The third-order valence-corrected chi connectivity index (χ3v) is 5.27. The third kappa shape index (κ3) is 2.78. The molecule has 2 nitrogen and oxygen atoms in total. The van der Waals surface area contributed by atoms with Crippen LogP contribution >= 0.6 is 0 Å². The first kappa shape index (κ1) is 14.5. The van der Waals surface area contributed by atoms with E-state index in [0.29, 0.717) is 12.2 Å². The van der Waals surface area contributed by atoms with Crippen molar-refractivity contribution in [3.8, 4) is 11.5 Å². The van der Waals surface area contributed by atoms with E-state index in [1.807, 2.05) is 36.4 Å². The molecule has 0 N–H and O–H groups in total. The number of hydrogen-bond donors (Lipinski definition) is 0. The van der Waals surface area contributed by atoms with E-state index in [2.05, 4.69) is 12.1 Å². The van der Waals surface area contributed by atoms with Crippen LogP contribution in [0.4, 0.5) is 0 Å². The number of rotatable bonds is 3. The summed E-state index contributed by atoms with van der Waals surface area (Å²) in [5, 5.41) is 0. The normalized spacial score (nSPS) is 17.9. The molecule has 2 aliphatic rings. The Bertz CT molecular complexity index is 668. The van der Waals surface area contributed by atoms with Crippen molar-refractivity contribution in [2.75, 3.05) is 0 Å². The molecule has 1 saturated carbocycles. The maximum absolute atomic E-state index is 12.8. The van der Waals surface area contributed by atoms with Crippen LogP contribution < -0.4 is 4.74 Å². The Morgan fingerprint density at radius 1 is 0.870 bits per heavy atom. The lowest BCUT2D eigenvalue weighted by Gasteiger charge is -2.29. The van der Waals surface area contributed by atoms with Crippen LogP contribution in [0.5, 0.6) is 11.5 Å². The number of carbonyl (C=O) groups is 1. The van der Waals surface area contributed by atoms with Crippen LogP contribution in [0.3, 0.4) is 0 Å². The fraction of sp³-hybridized carbons (Fsp3) is 0.381. The van der Waals surface area contributed by atoms with Gasteiger partial charge in [0.05, 0.1) is 0 Å². The summed E-state index contributed by atoms with van der Waals surface area (Å²) >= 11 is 0. The van der Waals surface area contributed by atoms with Crippen molar-refractivity contribution in [3.05, 3.63) is 59.7 Å². The van der Waals surface area contributed by atoms with Gasteiger partial charge in [0.15, 0.2) is 0 Å². The summed E-state index contributed by atoms with van der Waals surface area (Å²) in [7, 11) is 0. The summed E-state index contributed by atoms with van der Waals surface area (Å²) in [5.41, 5.74) is 2.30. The van der Waals surface area contributed by atoms with Gasteiger partial charge in [-0.2, -0.15) is 0 Å². The minimum absolute atomic E-state index is 0.130. The average molecular weight is 306 g/mol. The number of fused-ring (bicyclic) bond motifs is 2. The highest BCUT2D eigenvalue weighted by atomic mass is 16.5. The molecular formula is C21H22O2. The number of ether oxygens (including phenoxy) is 1. The van der Waals surface area contributed by atoms with Gasteiger partial charge < -0.3 is 4.74 Å². The van der Waals surface area contributed by atoms with E-state index in [-0.39, 0.29) is 11.8 Å². The van der Waals surface area contributed by atoms with E-state index in [1.165, 1.54) is 19.3 Å². The number of ketones is 1. The van der Waals surface area contributed by atoms with Crippen LogP contribution in [0.1, 0.15) is 55.6 Å². The standard InChI is InChI=1S/C21H22O2/c22-19(15-8-2-1-3-9-15)14-18-16-10-4-6-12-20(16)23-21-13-7-5-11-17(18)21/h4-7,10-13,15,18H,1-3,8-9,14H2. The highest BCUT2D eigenvalue weighted by Crippen LogP contribution is 2.46. The van der Waals surface area contributed by atoms with Gasteiger partial charge in [-0.25, -0.2) is 0 Å². The van der Waals surface area contributed by atoms with Crippen LogP contribution in [-0.2, 0) is 4.79 Å². The molecule has 0 aromatic heterocycles. The Labute approximate surface area is 137 Å². The van der Waals surface area contributed by atoms with Gasteiger partial charge in [0, 0.05) is 29.4 Å². The van der Waals surface area contributed by atoms with Gasteiger partial charge in [-0.1, -0.05) is 55.7 Å². The fourth-order valence-electron chi connectivity index (χ4n) is 4.02. The lowest BCUT2D eigenvalue weighted by Crippen LogP contribution is -2.21. The molecule has 0 radical (unpaired) electrons. The van der Waals surface area contributed by atoms with Crippen molar-refractivity contribution in [2.24, 2.45) is 5.92 Å². The highest BCUT2D eigenvalue weighted by Gasteiger charge is 2.31. The van der Waals surface area contributed by atoms with Gasteiger partial charge in [-0.15, -0.1) is 0 Å². The maximum Gasteiger partial charge on any atom is 0.136 e. The lowest BCUT2D eigenvalue weighted by atomic mass is 9.78. The van der Waals surface area contributed by atoms with E-state index >= 15 is 0 Å². The molecule has 2 aromatic rings. The Hall–Kier alpha value is -2.09. The summed E-state index contributed by atoms with van der Waals surface area (Å²) in [6.07, 6.45) is 6.44. The van der Waals surface area contributed by atoms with Crippen molar-refractivity contribution in [1.29, 1.82) is 0 Å². The second kappa shape index (κ2) is 6.19. The molecule has 0 atom stereocenters. The van der Waals surface area contributed by atoms with Crippen LogP contribution in [0, 0.1) is 5.92 Å². The molecule has 0 bridgehead atoms. The maximum atomic E-state index is 12.8. The monoisotopic (exact) mass is 306 g/mol. The van der Waals surface area contributed by atoms with Crippen molar-refractivity contribution in [1.82, 2.24) is 0 Å². The summed E-state index contributed by atoms with van der Waals surface area (Å²) in [4.78, 5) is 12.8. The predicted octanol–water partition coefficient (Wildman–Crippen LogP) is 5.46. The molecule has 1 heterocycles. The summed E-state index contributed by atoms with van der Waals surface area (Å²) in [6, 6.07) is 16.3. The van der Waals surface area contributed by atoms with Crippen molar-refractivity contribution in [2.45, 2.75) is 44.4 Å². The van der Waals surface area contributed by atoms with E-state index in [4.69, 9.17) is 4.74 Å². The fourth-order valence-corrected chi connectivity index (χ4v) is 4.02. The largest absolute Gasteiger partial charge is 0.457 e. The zero-order valence-corrected chi connectivity index (χ0v) is 13.3. The van der Waals surface area contributed by atoms with Gasteiger partial charge in [0.1, 0.15) is 17.3 Å². The first-order valence-electron chi connectivity index (χ1n) is 8.71. The summed E-state index contributed by atoms with van der Waals surface area (Å²) < 4.78 is 6.02. The Morgan fingerprint density at radius 3 is 2.04 bits per heavy atom. The SMILES string of the molecule is O=C(CC1c2ccccc2Oc2ccccc21)C1CCCCC1. The molecule has 1 fully saturated rings. The molecule has 1 aliphatic carbocycles. The molecule has 2 heteroatoms. The quantitative estimate of drug-likeness (QED) is 0.752. The average Bonchev–Trinajstić information content (AvgIpc) is 2.62. The van der Waals surface area contributed by atoms with Gasteiger partial charge in [0.2, 0.25) is 0 Å². The van der Waals surface area contributed by atoms with Crippen LogP contribution in [0.25, 0.3) is 0 Å². The Balaban J connectivity index is 1.66. The van der Waals surface area contributed by atoms with Gasteiger partial charge >= 0.3 is 0 Å². The summed E-state index contributed by atoms with van der Waals surface area (Å²) in [5.74, 6) is 2.62. The van der Waals surface area contributed by atoms with Crippen LogP contribution in [0.15, 0.2) is 48.5 Å². The Morgan fingerprint density at radius 2 is 1.43 bits per heavy atom.